The Labute approximate surface area is 110 Å². The molecule has 0 amide bonds. The number of nitrogens with one attached hydrogen (secondary N) is 1. The maximum atomic E-state index is 5.35. The normalized spacial score (nSPS) is 10.3. The van der Waals surface area contributed by atoms with Gasteiger partial charge < -0.3 is 19.5 Å². The first-order chi connectivity index (χ1) is 8.27. The monoisotopic (exact) mass is 303 g/mol. The highest BCUT2D eigenvalue weighted by Gasteiger charge is 2.00. The van der Waals surface area contributed by atoms with Crippen molar-refractivity contribution in [2.75, 3.05) is 45.9 Å². The summed E-state index contributed by atoms with van der Waals surface area (Å²) in [5, 5.41) is 3.26. The maximum Gasteiger partial charge on any atom is 0.133 e. The number of hydrogen-bond acceptors (Lipinski definition) is 4. The summed E-state index contributed by atoms with van der Waals surface area (Å²) in [6.45, 7) is 2.69. The molecular weight excluding hydrogens is 286 g/mol. The average Bonchev–Trinajstić information content (AvgIpc) is 2.34. The molecule has 17 heavy (non-hydrogen) atoms. The molecule has 0 saturated heterocycles. The standard InChI is InChI=1S/C12H18BrNO3/c1-15-7-8-17-6-5-14-10-3-4-12(16-2)11(13)9-10/h3-4,9,14H,5-8H2,1-2H3. The van der Waals surface area contributed by atoms with E-state index in [0.29, 0.717) is 19.8 Å². The van der Waals surface area contributed by atoms with Crippen molar-refractivity contribution >= 4 is 21.6 Å². The molecule has 1 rings (SSSR count). The Morgan fingerprint density at radius 1 is 1.18 bits per heavy atom. The van der Waals surface area contributed by atoms with Gasteiger partial charge in [-0.05, 0) is 34.1 Å². The van der Waals surface area contributed by atoms with Gasteiger partial charge in [-0.2, -0.15) is 0 Å². The molecule has 0 aliphatic carbocycles. The summed E-state index contributed by atoms with van der Waals surface area (Å²) in [7, 11) is 3.31. The van der Waals surface area contributed by atoms with Crippen LogP contribution in [-0.2, 0) is 9.47 Å². The lowest BCUT2D eigenvalue weighted by Crippen LogP contribution is -2.11. The lowest BCUT2D eigenvalue weighted by atomic mass is 10.3. The second kappa shape index (κ2) is 8.33. The lowest BCUT2D eigenvalue weighted by molar-refractivity contribution is 0.0759. The number of hydrogen-bond donors (Lipinski definition) is 1. The first-order valence-electron chi connectivity index (χ1n) is 5.42. The zero-order chi connectivity index (χ0) is 12.5. The van der Waals surface area contributed by atoms with E-state index in [0.717, 1.165) is 22.5 Å². The van der Waals surface area contributed by atoms with E-state index >= 15 is 0 Å². The molecule has 0 unspecified atom stereocenters. The summed E-state index contributed by atoms with van der Waals surface area (Å²) in [6, 6.07) is 5.87. The van der Waals surface area contributed by atoms with Gasteiger partial charge in [0.2, 0.25) is 0 Å². The zero-order valence-electron chi connectivity index (χ0n) is 10.2. The third-order valence-electron chi connectivity index (χ3n) is 2.16. The van der Waals surface area contributed by atoms with Gasteiger partial charge in [0.15, 0.2) is 0 Å². The molecule has 1 N–H and O–H groups in total. The highest BCUT2D eigenvalue weighted by Crippen LogP contribution is 2.27. The van der Waals surface area contributed by atoms with Crippen LogP contribution in [0.25, 0.3) is 0 Å². The van der Waals surface area contributed by atoms with Gasteiger partial charge in [0.1, 0.15) is 5.75 Å². The van der Waals surface area contributed by atoms with E-state index < -0.39 is 0 Å². The Kier molecular flexibility index (Phi) is 7.00. The maximum absolute atomic E-state index is 5.35. The van der Waals surface area contributed by atoms with Gasteiger partial charge in [-0.25, -0.2) is 0 Å². The minimum absolute atomic E-state index is 0.629. The minimum atomic E-state index is 0.629. The van der Waals surface area contributed by atoms with Crippen LogP contribution in [0.1, 0.15) is 0 Å². The van der Waals surface area contributed by atoms with Crippen molar-refractivity contribution in [2.24, 2.45) is 0 Å². The van der Waals surface area contributed by atoms with Gasteiger partial charge in [-0.3, -0.25) is 0 Å². The summed E-state index contributed by atoms with van der Waals surface area (Å²) >= 11 is 3.44. The predicted octanol–water partition coefficient (Wildman–Crippen LogP) is 2.53. The largest absolute Gasteiger partial charge is 0.496 e. The first kappa shape index (κ1) is 14.3. The van der Waals surface area contributed by atoms with Crippen LogP contribution in [0.3, 0.4) is 0 Å². The molecule has 0 spiro atoms. The van der Waals surface area contributed by atoms with Crippen molar-refractivity contribution in [1.82, 2.24) is 0 Å². The number of rotatable bonds is 8. The van der Waals surface area contributed by atoms with Gasteiger partial charge in [0.05, 0.1) is 31.4 Å². The molecule has 0 heterocycles. The molecular formula is C12H18BrNO3. The minimum Gasteiger partial charge on any atom is -0.496 e. The second-order valence-corrected chi connectivity index (χ2v) is 4.24. The lowest BCUT2D eigenvalue weighted by Gasteiger charge is -2.09. The van der Waals surface area contributed by atoms with E-state index in [2.05, 4.69) is 21.2 Å². The van der Waals surface area contributed by atoms with Crippen LogP contribution in [-0.4, -0.2) is 40.6 Å². The van der Waals surface area contributed by atoms with Gasteiger partial charge in [-0.1, -0.05) is 0 Å². The summed E-state index contributed by atoms with van der Waals surface area (Å²) < 4.78 is 16.3. The molecule has 0 aromatic heterocycles. The van der Waals surface area contributed by atoms with E-state index in [1.165, 1.54) is 0 Å². The van der Waals surface area contributed by atoms with Crippen LogP contribution in [0.2, 0.25) is 0 Å². The number of halogens is 1. The van der Waals surface area contributed by atoms with Crippen LogP contribution >= 0.6 is 15.9 Å². The fourth-order valence-electron chi connectivity index (χ4n) is 1.29. The predicted molar refractivity (Wildman–Crippen MR) is 71.9 cm³/mol. The Bertz CT molecular complexity index is 334. The van der Waals surface area contributed by atoms with Crippen LogP contribution < -0.4 is 10.1 Å². The van der Waals surface area contributed by atoms with Gasteiger partial charge in [0.25, 0.3) is 0 Å². The van der Waals surface area contributed by atoms with Crippen LogP contribution in [0, 0.1) is 0 Å². The number of anilines is 1. The van der Waals surface area contributed by atoms with Crippen molar-refractivity contribution in [2.45, 2.75) is 0 Å². The summed E-state index contributed by atoms with van der Waals surface area (Å²) in [6.07, 6.45) is 0. The van der Waals surface area contributed by atoms with Crippen molar-refractivity contribution < 1.29 is 14.2 Å². The molecule has 0 fully saturated rings. The van der Waals surface area contributed by atoms with Crippen molar-refractivity contribution in [3.63, 3.8) is 0 Å². The molecule has 0 atom stereocenters. The Morgan fingerprint density at radius 3 is 2.65 bits per heavy atom. The molecule has 0 aliphatic rings. The highest BCUT2D eigenvalue weighted by molar-refractivity contribution is 9.10. The average molecular weight is 304 g/mol. The van der Waals surface area contributed by atoms with Crippen molar-refractivity contribution in [1.29, 1.82) is 0 Å². The van der Waals surface area contributed by atoms with Crippen LogP contribution in [0.5, 0.6) is 5.75 Å². The topological polar surface area (TPSA) is 39.7 Å². The van der Waals surface area contributed by atoms with Gasteiger partial charge in [-0.15, -0.1) is 0 Å². The van der Waals surface area contributed by atoms with Crippen molar-refractivity contribution in [3.8, 4) is 5.75 Å². The Hall–Kier alpha value is -0.780. The Morgan fingerprint density at radius 2 is 2.00 bits per heavy atom. The molecule has 1 aromatic carbocycles. The molecule has 0 radical (unpaired) electrons. The molecule has 0 bridgehead atoms. The molecule has 0 saturated carbocycles. The van der Waals surface area contributed by atoms with Crippen molar-refractivity contribution in [3.05, 3.63) is 22.7 Å². The second-order valence-electron chi connectivity index (χ2n) is 3.38. The van der Waals surface area contributed by atoms with Crippen LogP contribution in [0.15, 0.2) is 22.7 Å². The fraction of sp³-hybridized carbons (Fsp3) is 0.500. The third kappa shape index (κ3) is 5.39. The molecule has 5 heteroatoms. The van der Waals surface area contributed by atoms with E-state index in [4.69, 9.17) is 14.2 Å². The first-order valence-corrected chi connectivity index (χ1v) is 6.21. The highest BCUT2D eigenvalue weighted by atomic mass is 79.9. The molecule has 4 nitrogen and oxygen atoms in total. The van der Waals surface area contributed by atoms with E-state index in [-0.39, 0.29) is 0 Å². The number of benzene rings is 1. The quantitative estimate of drug-likeness (QED) is 0.749. The van der Waals surface area contributed by atoms with E-state index in [1.807, 2.05) is 18.2 Å². The Balaban J connectivity index is 2.25. The third-order valence-corrected chi connectivity index (χ3v) is 2.78. The summed E-state index contributed by atoms with van der Waals surface area (Å²) in [4.78, 5) is 0. The summed E-state index contributed by atoms with van der Waals surface area (Å²) in [5.41, 5.74) is 1.04. The van der Waals surface area contributed by atoms with Gasteiger partial charge in [0, 0.05) is 19.3 Å². The van der Waals surface area contributed by atoms with Gasteiger partial charge >= 0.3 is 0 Å². The molecule has 96 valence electrons. The number of methoxy groups -OCH3 is 2. The summed E-state index contributed by atoms with van der Waals surface area (Å²) in [5.74, 6) is 0.826. The SMILES string of the molecule is COCCOCCNc1ccc(OC)c(Br)c1. The smallest absolute Gasteiger partial charge is 0.133 e. The van der Waals surface area contributed by atoms with Crippen LogP contribution in [0.4, 0.5) is 5.69 Å². The zero-order valence-corrected chi connectivity index (χ0v) is 11.7. The van der Waals surface area contributed by atoms with E-state index in [9.17, 15) is 0 Å². The van der Waals surface area contributed by atoms with E-state index in [1.54, 1.807) is 14.2 Å². The number of ether oxygens (including phenoxy) is 3. The molecule has 0 aliphatic heterocycles. The molecule has 1 aromatic rings. The fourth-order valence-corrected chi connectivity index (χ4v) is 1.83.